The van der Waals surface area contributed by atoms with Crippen LogP contribution < -0.4 is 10.9 Å². The van der Waals surface area contributed by atoms with Crippen LogP contribution >= 0.6 is 0 Å². The number of carbonyl (C=O) groups is 1. The molecule has 0 aliphatic heterocycles. The molecule has 0 saturated heterocycles. The van der Waals surface area contributed by atoms with Crippen molar-refractivity contribution >= 4 is 33.5 Å². The number of nitrogens with one attached hydrogen (secondary N) is 1. The summed E-state index contributed by atoms with van der Waals surface area (Å²) in [6.45, 7) is 3.92. The van der Waals surface area contributed by atoms with E-state index in [2.05, 4.69) is 10.3 Å². The third-order valence-electron chi connectivity index (χ3n) is 7.06. The van der Waals surface area contributed by atoms with Crippen molar-refractivity contribution in [1.82, 2.24) is 14.5 Å². The molecule has 4 aromatic carbocycles. The molecule has 0 aliphatic rings. The van der Waals surface area contributed by atoms with Crippen LogP contribution in [0.4, 0.5) is 5.69 Å². The van der Waals surface area contributed by atoms with Gasteiger partial charge in [0.05, 0.1) is 16.6 Å². The number of hydrogen-bond donors (Lipinski definition) is 1. The normalized spacial score (nSPS) is 11.9. The Kier molecular flexibility index (Phi) is 6.21. The fraction of sp³-hybridized carbons (Fsp3) is 0.0909. The molecule has 2 heterocycles. The third-order valence-corrected chi connectivity index (χ3v) is 7.06. The number of benzene rings is 4. The summed E-state index contributed by atoms with van der Waals surface area (Å²) in [7, 11) is 0. The van der Waals surface area contributed by atoms with Crippen molar-refractivity contribution in [3.63, 3.8) is 0 Å². The Morgan fingerprint density at radius 1 is 0.769 bits per heavy atom. The summed E-state index contributed by atoms with van der Waals surface area (Å²) in [6.07, 6.45) is 1.68. The minimum absolute atomic E-state index is 0.289. The first-order valence-electron chi connectivity index (χ1n) is 12.8. The fourth-order valence-electron chi connectivity index (χ4n) is 5.15. The van der Waals surface area contributed by atoms with Crippen molar-refractivity contribution in [3.8, 4) is 11.3 Å². The number of anilines is 1. The lowest BCUT2D eigenvalue weighted by Gasteiger charge is -2.24. The summed E-state index contributed by atoms with van der Waals surface area (Å²) >= 11 is 0. The minimum Gasteiger partial charge on any atom is -0.323 e. The molecule has 39 heavy (non-hydrogen) atoms. The summed E-state index contributed by atoms with van der Waals surface area (Å²) in [6, 6.07) is 31.2. The molecule has 2 aromatic heterocycles. The molecule has 1 amide bonds. The summed E-state index contributed by atoms with van der Waals surface area (Å²) in [5.41, 5.74) is 5.88. The Morgan fingerprint density at radius 2 is 1.44 bits per heavy atom. The second-order valence-corrected chi connectivity index (χ2v) is 9.57. The maximum Gasteiger partial charge on any atom is 0.278 e. The lowest BCUT2D eigenvalue weighted by molar-refractivity contribution is -0.118. The highest BCUT2D eigenvalue weighted by atomic mass is 16.2. The Morgan fingerprint density at radius 3 is 2.21 bits per heavy atom. The Balaban J connectivity index is 1.67. The third kappa shape index (κ3) is 4.36. The van der Waals surface area contributed by atoms with Gasteiger partial charge in [-0.25, -0.2) is 4.98 Å². The van der Waals surface area contributed by atoms with E-state index in [0.717, 1.165) is 27.7 Å². The van der Waals surface area contributed by atoms with Gasteiger partial charge in [-0.3, -0.25) is 19.1 Å². The van der Waals surface area contributed by atoms with E-state index >= 15 is 0 Å². The molecule has 0 bridgehead atoms. The zero-order valence-corrected chi connectivity index (χ0v) is 21.6. The van der Waals surface area contributed by atoms with E-state index in [1.54, 1.807) is 10.8 Å². The highest BCUT2D eigenvalue weighted by molar-refractivity contribution is 6.00. The van der Waals surface area contributed by atoms with Gasteiger partial charge in [-0.2, -0.15) is 0 Å². The van der Waals surface area contributed by atoms with Gasteiger partial charge in [-0.15, -0.1) is 0 Å². The largest absolute Gasteiger partial charge is 0.323 e. The van der Waals surface area contributed by atoms with E-state index < -0.39 is 6.04 Å². The standard InChI is InChI=1S/C33H26N4O2/c1-21-11-10-12-22(2)29(21)36-32(38)31(25-19-20-34-26-16-7-6-15-24(25)26)37-28-18-9-8-17-27(28)35-30(33(37)39)23-13-4-3-5-14-23/h3-20,31H,1-2H3,(H,36,38). The topological polar surface area (TPSA) is 76.9 Å². The number of pyridine rings is 1. The van der Waals surface area contributed by atoms with E-state index in [9.17, 15) is 9.59 Å². The number of carbonyl (C=O) groups excluding carboxylic acids is 1. The molecule has 6 nitrogen and oxygen atoms in total. The van der Waals surface area contributed by atoms with Gasteiger partial charge in [-0.1, -0.05) is 78.9 Å². The molecule has 1 unspecified atom stereocenters. The van der Waals surface area contributed by atoms with Crippen LogP contribution in [0.5, 0.6) is 0 Å². The van der Waals surface area contributed by atoms with E-state index in [1.165, 1.54) is 0 Å². The molecule has 6 heteroatoms. The van der Waals surface area contributed by atoms with Crippen LogP contribution in [0.25, 0.3) is 33.2 Å². The van der Waals surface area contributed by atoms with Crippen LogP contribution in [0.2, 0.25) is 0 Å². The zero-order valence-electron chi connectivity index (χ0n) is 21.6. The monoisotopic (exact) mass is 510 g/mol. The molecule has 0 saturated carbocycles. The first-order chi connectivity index (χ1) is 19.0. The molecular weight excluding hydrogens is 484 g/mol. The van der Waals surface area contributed by atoms with Crippen molar-refractivity contribution in [2.45, 2.75) is 19.9 Å². The number of hydrogen-bond acceptors (Lipinski definition) is 4. The van der Waals surface area contributed by atoms with Crippen molar-refractivity contribution in [2.75, 3.05) is 5.32 Å². The predicted molar refractivity (Wildman–Crippen MR) is 156 cm³/mol. The maximum absolute atomic E-state index is 14.4. The molecular formula is C33H26N4O2. The van der Waals surface area contributed by atoms with Gasteiger partial charge < -0.3 is 5.32 Å². The van der Waals surface area contributed by atoms with Gasteiger partial charge in [0.25, 0.3) is 11.5 Å². The lowest BCUT2D eigenvalue weighted by Crippen LogP contribution is -2.36. The van der Waals surface area contributed by atoms with Crippen LogP contribution in [0, 0.1) is 13.8 Å². The zero-order chi connectivity index (χ0) is 26.9. The summed E-state index contributed by atoms with van der Waals surface area (Å²) in [4.78, 5) is 38.0. The SMILES string of the molecule is Cc1cccc(C)c1NC(=O)C(c1ccnc2ccccc12)n1c(=O)c(-c2ccccc2)nc2ccccc21. The number of para-hydroxylation sites is 4. The van der Waals surface area contributed by atoms with Crippen molar-refractivity contribution in [2.24, 2.45) is 0 Å². The molecule has 6 rings (SSSR count). The number of rotatable bonds is 5. The number of amides is 1. The van der Waals surface area contributed by atoms with E-state index in [4.69, 9.17) is 4.98 Å². The van der Waals surface area contributed by atoms with Crippen molar-refractivity contribution in [1.29, 1.82) is 0 Å². The van der Waals surface area contributed by atoms with Crippen LogP contribution in [0.15, 0.2) is 114 Å². The van der Waals surface area contributed by atoms with Crippen LogP contribution in [0.1, 0.15) is 22.7 Å². The number of fused-ring (bicyclic) bond motifs is 2. The minimum atomic E-state index is -0.986. The molecule has 0 aliphatic carbocycles. The second-order valence-electron chi connectivity index (χ2n) is 9.57. The summed E-state index contributed by atoms with van der Waals surface area (Å²) in [5.74, 6) is -0.318. The number of aryl methyl sites for hydroxylation is 2. The van der Waals surface area contributed by atoms with Gasteiger partial charge in [0.15, 0.2) is 0 Å². The van der Waals surface area contributed by atoms with E-state index in [0.29, 0.717) is 22.2 Å². The van der Waals surface area contributed by atoms with Gasteiger partial charge >= 0.3 is 0 Å². The van der Waals surface area contributed by atoms with Gasteiger partial charge in [0.1, 0.15) is 11.7 Å². The fourth-order valence-corrected chi connectivity index (χ4v) is 5.15. The van der Waals surface area contributed by atoms with E-state index in [1.807, 2.05) is 117 Å². The average Bonchev–Trinajstić information content (AvgIpc) is 2.96. The average molecular weight is 511 g/mol. The molecule has 1 atom stereocenters. The molecule has 0 fully saturated rings. The van der Waals surface area contributed by atoms with Gasteiger partial charge in [-0.05, 0) is 54.8 Å². The lowest BCUT2D eigenvalue weighted by atomic mass is 9.99. The highest BCUT2D eigenvalue weighted by Crippen LogP contribution is 2.31. The first-order valence-corrected chi connectivity index (χ1v) is 12.8. The smallest absolute Gasteiger partial charge is 0.278 e. The molecule has 190 valence electrons. The first kappa shape index (κ1) is 24.2. The van der Waals surface area contributed by atoms with Gasteiger partial charge in [0.2, 0.25) is 0 Å². The highest BCUT2D eigenvalue weighted by Gasteiger charge is 2.29. The summed E-state index contributed by atoms with van der Waals surface area (Å²) in [5, 5.41) is 3.95. The van der Waals surface area contributed by atoms with Gasteiger partial charge in [0, 0.05) is 22.8 Å². The van der Waals surface area contributed by atoms with E-state index in [-0.39, 0.29) is 17.2 Å². The Labute approximate surface area is 225 Å². The summed E-state index contributed by atoms with van der Waals surface area (Å²) < 4.78 is 1.58. The maximum atomic E-state index is 14.4. The Bertz CT molecular complexity index is 1890. The van der Waals surface area contributed by atoms with Crippen LogP contribution in [0.3, 0.4) is 0 Å². The molecule has 6 aromatic rings. The molecule has 1 N–H and O–H groups in total. The molecule has 0 spiro atoms. The Hall–Kier alpha value is -5.10. The molecule has 0 radical (unpaired) electrons. The van der Waals surface area contributed by atoms with Crippen molar-refractivity contribution < 1.29 is 4.79 Å². The van der Waals surface area contributed by atoms with Crippen LogP contribution in [-0.2, 0) is 4.79 Å². The predicted octanol–water partition coefficient (Wildman–Crippen LogP) is 6.46. The van der Waals surface area contributed by atoms with Crippen molar-refractivity contribution in [3.05, 3.63) is 136 Å². The quantitative estimate of drug-likeness (QED) is 0.289. The second kappa shape index (κ2) is 9.99. The number of aromatic nitrogens is 3. The number of nitrogens with zero attached hydrogens (tertiary/aromatic N) is 3. The van der Waals surface area contributed by atoms with Crippen LogP contribution in [-0.4, -0.2) is 20.4 Å².